The quantitative estimate of drug-likeness (QED) is 0.343. The molecule has 0 bridgehead atoms. The molecule has 32 heavy (non-hydrogen) atoms. The number of halogens is 3. The molecule has 0 radical (unpaired) electrons. The number of aromatic nitrogens is 6. The Hall–Kier alpha value is -3.92. The molecule has 11 heteroatoms. The van der Waals surface area contributed by atoms with Crippen LogP contribution < -0.4 is 10.1 Å². The summed E-state index contributed by atoms with van der Waals surface area (Å²) in [5.74, 6) is 1.59. The zero-order valence-corrected chi connectivity index (χ0v) is 17.3. The van der Waals surface area contributed by atoms with E-state index in [-0.39, 0.29) is 5.52 Å². The van der Waals surface area contributed by atoms with Crippen LogP contribution in [0.5, 0.6) is 11.5 Å². The molecule has 160 valence electrons. The van der Waals surface area contributed by atoms with Gasteiger partial charge >= 0.3 is 6.55 Å². The normalized spacial score (nSPS) is 11.4. The molecule has 5 aromatic rings. The second-order valence-electron chi connectivity index (χ2n) is 6.89. The first kappa shape index (κ1) is 20.0. The molecular weight excluding hydrogens is 440 g/mol. The Labute approximate surface area is 184 Å². The number of nitrogens with one attached hydrogen (secondary N) is 1. The molecule has 0 fully saturated rings. The summed E-state index contributed by atoms with van der Waals surface area (Å²) in [6.45, 7) is -0.869. The topological polar surface area (TPSA) is 90.6 Å². The Kier molecular flexibility index (Phi) is 4.98. The van der Waals surface area contributed by atoms with E-state index in [4.69, 9.17) is 16.3 Å². The lowest BCUT2D eigenvalue weighted by atomic mass is 10.2. The fourth-order valence-corrected chi connectivity index (χ4v) is 3.39. The second-order valence-corrected chi connectivity index (χ2v) is 7.28. The Morgan fingerprint density at radius 3 is 2.72 bits per heavy atom. The van der Waals surface area contributed by atoms with Crippen LogP contribution in [-0.4, -0.2) is 29.9 Å². The summed E-state index contributed by atoms with van der Waals surface area (Å²) in [6, 6.07) is 13.6. The van der Waals surface area contributed by atoms with E-state index in [2.05, 4.69) is 30.6 Å². The lowest BCUT2D eigenvalue weighted by Gasteiger charge is -2.12. The van der Waals surface area contributed by atoms with E-state index in [1.165, 1.54) is 12.4 Å². The second kappa shape index (κ2) is 7.97. The van der Waals surface area contributed by atoms with E-state index in [0.29, 0.717) is 43.7 Å². The standard InChI is InChI=1S/C21H14ClF2N7O/c1-11-8-12(27-20-19-14(25-10-26-20)4-7-18(22)28-19)2-6-17(11)32-13-3-5-16-15(9-13)29-30-31(16)21(23)24/h2-10,21H,1H3,(H,25,26,27). The molecule has 0 atom stereocenters. The summed E-state index contributed by atoms with van der Waals surface area (Å²) in [6.07, 6.45) is 1.45. The van der Waals surface area contributed by atoms with Crippen LogP contribution in [0.3, 0.4) is 0 Å². The van der Waals surface area contributed by atoms with Crippen LogP contribution in [0.15, 0.2) is 54.9 Å². The van der Waals surface area contributed by atoms with Crippen molar-refractivity contribution in [3.05, 3.63) is 65.6 Å². The molecule has 0 amide bonds. The van der Waals surface area contributed by atoms with Gasteiger partial charge in [-0.05, 0) is 55.0 Å². The van der Waals surface area contributed by atoms with Crippen molar-refractivity contribution in [1.29, 1.82) is 0 Å². The highest BCUT2D eigenvalue weighted by atomic mass is 35.5. The van der Waals surface area contributed by atoms with Crippen LogP contribution in [0.25, 0.3) is 22.1 Å². The van der Waals surface area contributed by atoms with Crippen molar-refractivity contribution in [2.75, 3.05) is 5.32 Å². The highest BCUT2D eigenvalue weighted by molar-refractivity contribution is 6.29. The number of aryl methyl sites for hydroxylation is 1. The molecule has 1 N–H and O–H groups in total. The van der Waals surface area contributed by atoms with E-state index in [0.717, 1.165) is 11.3 Å². The molecule has 0 aliphatic carbocycles. The molecule has 2 aromatic carbocycles. The molecule has 0 aliphatic rings. The van der Waals surface area contributed by atoms with Gasteiger partial charge in [-0.3, -0.25) is 0 Å². The summed E-state index contributed by atoms with van der Waals surface area (Å²) in [5.41, 5.74) is 3.39. The van der Waals surface area contributed by atoms with E-state index in [1.807, 2.05) is 19.1 Å². The summed E-state index contributed by atoms with van der Waals surface area (Å²) < 4.78 is 32.4. The molecule has 8 nitrogen and oxygen atoms in total. The number of rotatable bonds is 5. The SMILES string of the molecule is Cc1cc(Nc2ncnc3ccc(Cl)nc23)ccc1Oc1ccc2c(c1)nnn2C(F)F. The van der Waals surface area contributed by atoms with Crippen molar-refractivity contribution in [1.82, 2.24) is 29.9 Å². The van der Waals surface area contributed by atoms with Crippen LogP contribution in [0.2, 0.25) is 5.15 Å². The Morgan fingerprint density at radius 2 is 1.91 bits per heavy atom. The first-order valence-electron chi connectivity index (χ1n) is 9.44. The highest BCUT2D eigenvalue weighted by Gasteiger charge is 2.14. The maximum absolute atomic E-state index is 12.9. The fourth-order valence-electron chi connectivity index (χ4n) is 3.24. The first-order valence-corrected chi connectivity index (χ1v) is 9.81. The summed E-state index contributed by atoms with van der Waals surface area (Å²) in [5, 5.41) is 10.8. The summed E-state index contributed by atoms with van der Waals surface area (Å²) in [4.78, 5) is 12.8. The fraction of sp³-hybridized carbons (Fsp3) is 0.0952. The number of nitrogens with zero attached hydrogens (tertiary/aromatic N) is 6. The lowest BCUT2D eigenvalue weighted by molar-refractivity contribution is 0.0593. The molecule has 0 saturated carbocycles. The number of hydrogen-bond acceptors (Lipinski definition) is 7. The van der Waals surface area contributed by atoms with Crippen molar-refractivity contribution in [3.63, 3.8) is 0 Å². The Morgan fingerprint density at radius 1 is 1.03 bits per heavy atom. The van der Waals surface area contributed by atoms with Crippen molar-refractivity contribution in [2.24, 2.45) is 0 Å². The minimum atomic E-state index is -2.76. The number of hydrogen-bond donors (Lipinski definition) is 1. The van der Waals surface area contributed by atoms with Crippen molar-refractivity contribution in [2.45, 2.75) is 13.5 Å². The average molecular weight is 454 g/mol. The van der Waals surface area contributed by atoms with Gasteiger partial charge in [0.15, 0.2) is 5.82 Å². The number of fused-ring (bicyclic) bond motifs is 2. The van der Waals surface area contributed by atoms with Crippen LogP contribution in [0.4, 0.5) is 20.3 Å². The third kappa shape index (κ3) is 3.76. The largest absolute Gasteiger partial charge is 0.457 e. The molecular formula is C21H14ClF2N7O. The molecule has 5 rings (SSSR count). The summed E-state index contributed by atoms with van der Waals surface area (Å²) >= 11 is 6.01. The van der Waals surface area contributed by atoms with Crippen molar-refractivity contribution < 1.29 is 13.5 Å². The lowest BCUT2D eigenvalue weighted by Crippen LogP contribution is -1.99. The molecule has 3 heterocycles. The van der Waals surface area contributed by atoms with E-state index in [1.54, 1.807) is 30.3 Å². The van der Waals surface area contributed by atoms with Gasteiger partial charge in [0.2, 0.25) is 0 Å². The minimum absolute atomic E-state index is 0.231. The summed E-state index contributed by atoms with van der Waals surface area (Å²) in [7, 11) is 0. The monoisotopic (exact) mass is 453 g/mol. The number of pyridine rings is 1. The smallest absolute Gasteiger partial charge is 0.335 e. The van der Waals surface area contributed by atoms with Gasteiger partial charge in [-0.1, -0.05) is 16.8 Å². The first-order chi connectivity index (χ1) is 15.5. The van der Waals surface area contributed by atoms with Crippen LogP contribution >= 0.6 is 11.6 Å². The van der Waals surface area contributed by atoms with Crippen LogP contribution in [0, 0.1) is 6.92 Å². The van der Waals surface area contributed by atoms with E-state index < -0.39 is 6.55 Å². The van der Waals surface area contributed by atoms with E-state index >= 15 is 0 Å². The number of ether oxygens (including phenoxy) is 1. The van der Waals surface area contributed by atoms with Gasteiger partial charge in [-0.15, -0.1) is 5.10 Å². The average Bonchev–Trinajstić information content (AvgIpc) is 3.20. The van der Waals surface area contributed by atoms with Crippen LogP contribution in [0.1, 0.15) is 12.1 Å². The van der Waals surface area contributed by atoms with Gasteiger partial charge in [0, 0.05) is 11.8 Å². The van der Waals surface area contributed by atoms with Gasteiger partial charge in [0.25, 0.3) is 0 Å². The van der Waals surface area contributed by atoms with Gasteiger partial charge in [-0.2, -0.15) is 13.5 Å². The van der Waals surface area contributed by atoms with Gasteiger partial charge in [-0.25, -0.2) is 15.0 Å². The number of alkyl halides is 2. The van der Waals surface area contributed by atoms with Gasteiger partial charge in [0.1, 0.15) is 34.0 Å². The minimum Gasteiger partial charge on any atom is -0.457 e. The Balaban J connectivity index is 1.39. The van der Waals surface area contributed by atoms with E-state index in [9.17, 15) is 8.78 Å². The molecule has 0 aliphatic heterocycles. The molecule has 0 unspecified atom stereocenters. The zero-order valence-electron chi connectivity index (χ0n) is 16.5. The van der Waals surface area contributed by atoms with Gasteiger partial charge in [0.05, 0.1) is 11.0 Å². The van der Waals surface area contributed by atoms with Crippen molar-refractivity contribution >= 4 is 45.2 Å². The van der Waals surface area contributed by atoms with Gasteiger partial charge < -0.3 is 10.1 Å². The third-order valence-electron chi connectivity index (χ3n) is 4.74. The number of anilines is 2. The maximum Gasteiger partial charge on any atom is 0.335 e. The number of benzene rings is 2. The predicted octanol–water partition coefficient (Wildman–Crippen LogP) is 5.66. The third-order valence-corrected chi connectivity index (χ3v) is 4.95. The predicted molar refractivity (Wildman–Crippen MR) is 116 cm³/mol. The zero-order chi connectivity index (χ0) is 22.2. The highest BCUT2D eigenvalue weighted by Crippen LogP contribution is 2.31. The van der Waals surface area contributed by atoms with Crippen LogP contribution in [-0.2, 0) is 0 Å². The van der Waals surface area contributed by atoms with Crippen molar-refractivity contribution in [3.8, 4) is 11.5 Å². The molecule has 3 aromatic heterocycles. The molecule has 0 spiro atoms. The molecule has 0 saturated heterocycles. The Bertz CT molecular complexity index is 1460. The maximum atomic E-state index is 12.9.